The molecule has 0 radical (unpaired) electrons. The monoisotopic (exact) mass is 530 g/mol. The van der Waals surface area contributed by atoms with Gasteiger partial charge in [0.15, 0.2) is 11.4 Å². The van der Waals surface area contributed by atoms with Crippen molar-refractivity contribution >= 4 is 39.0 Å². The van der Waals surface area contributed by atoms with E-state index in [9.17, 15) is 34.8 Å². The number of allylic oxidation sites excluding steroid dienone is 1. The van der Waals surface area contributed by atoms with E-state index in [0.29, 0.717) is 22.1 Å². The lowest BCUT2D eigenvalue weighted by Crippen LogP contribution is -2.63. The number of aliphatic hydroxyl groups excluding tert-OH is 2. The molecule has 0 saturated carbocycles. The molecule has 39 heavy (non-hydrogen) atoms. The number of hydrogen-bond acceptors (Lipinski definition) is 9. The largest absolute Gasteiger partial charge is 0.510 e. The Morgan fingerprint density at radius 3 is 2.41 bits per heavy atom. The van der Waals surface area contributed by atoms with Crippen LogP contribution < -0.4 is 10.5 Å². The van der Waals surface area contributed by atoms with Gasteiger partial charge in [-0.3, -0.25) is 19.3 Å². The second-order valence-electron chi connectivity index (χ2n) is 10.5. The van der Waals surface area contributed by atoms with Gasteiger partial charge in [0.05, 0.1) is 18.7 Å². The molecule has 1 amide bonds. The van der Waals surface area contributed by atoms with E-state index in [0.717, 1.165) is 10.8 Å². The highest BCUT2D eigenvalue weighted by Gasteiger charge is 2.63. The van der Waals surface area contributed by atoms with Crippen LogP contribution in [0.3, 0.4) is 0 Å². The van der Waals surface area contributed by atoms with E-state index >= 15 is 0 Å². The number of primary amides is 1. The van der Waals surface area contributed by atoms with Crippen molar-refractivity contribution in [2.24, 2.45) is 11.7 Å². The summed E-state index contributed by atoms with van der Waals surface area (Å²) in [7, 11) is 4.72. The number of methoxy groups -OCH3 is 1. The minimum absolute atomic E-state index is 0.0357. The number of carbonyl (C=O) groups excluding carboxylic acids is 3. The number of ketones is 2. The van der Waals surface area contributed by atoms with Crippen molar-refractivity contribution < 1.29 is 39.5 Å². The maximum Gasteiger partial charge on any atom is 0.255 e. The SMILES string of the molecule is COc1ccc2c(c1)cc1c3c(c(O)ccc32)C(=O)C2=C(O)[C@]3(O)C(=O)C(C(N)=O)=C(O)[C@H](N(C)C)[C@@H]3C[C@H]21. The first-order chi connectivity index (χ1) is 18.4. The number of aromatic hydroxyl groups is 1. The van der Waals surface area contributed by atoms with Crippen LogP contribution >= 0.6 is 0 Å². The molecule has 0 bridgehead atoms. The Hall–Kier alpha value is -4.41. The van der Waals surface area contributed by atoms with E-state index in [1.54, 1.807) is 33.3 Å². The lowest BCUT2D eigenvalue weighted by molar-refractivity contribution is -0.147. The number of phenols is 1. The van der Waals surface area contributed by atoms with E-state index in [1.165, 1.54) is 11.0 Å². The van der Waals surface area contributed by atoms with Crippen molar-refractivity contribution in [1.82, 2.24) is 4.90 Å². The van der Waals surface area contributed by atoms with Crippen LogP contribution in [0.4, 0.5) is 0 Å². The number of nitrogens with zero attached hydrogens (tertiary/aromatic N) is 1. The second kappa shape index (κ2) is 8.05. The molecule has 0 spiro atoms. The van der Waals surface area contributed by atoms with Gasteiger partial charge in [-0.2, -0.15) is 0 Å². The summed E-state index contributed by atoms with van der Waals surface area (Å²) in [4.78, 5) is 41.1. The average Bonchev–Trinajstić information content (AvgIpc) is 2.88. The summed E-state index contributed by atoms with van der Waals surface area (Å²) >= 11 is 0. The first kappa shape index (κ1) is 24.9. The normalized spacial score (nSPS) is 26.3. The fourth-order valence-corrected chi connectivity index (χ4v) is 6.79. The highest BCUT2D eigenvalue weighted by molar-refractivity contribution is 6.28. The third-order valence-corrected chi connectivity index (χ3v) is 8.46. The van der Waals surface area contributed by atoms with Gasteiger partial charge in [-0.15, -0.1) is 0 Å². The molecule has 6 rings (SSSR count). The zero-order chi connectivity index (χ0) is 28.1. The summed E-state index contributed by atoms with van der Waals surface area (Å²) in [6.07, 6.45) is -0.0357. The Kier molecular flexibility index (Phi) is 5.14. The number of nitrogens with two attached hydrogens (primary N) is 1. The van der Waals surface area contributed by atoms with Gasteiger partial charge in [-0.05, 0) is 66.5 Å². The van der Waals surface area contributed by atoms with E-state index in [-0.39, 0.29) is 23.3 Å². The topological polar surface area (TPSA) is 171 Å². The Morgan fingerprint density at radius 1 is 1.08 bits per heavy atom. The van der Waals surface area contributed by atoms with Crippen molar-refractivity contribution in [2.45, 2.75) is 24.0 Å². The molecule has 0 unspecified atom stereocenters. The Bertz CT molecular complexity index is 1740. The molecule has 0 saturated heterocycles. The van der Waals surface area contributed by atoms with Gasteiger partial charge in [-0.25, -0.2) is 0 Å². The second-order valence-corrected chi connectivity index (χ2v) is 10.5. The molecule has 200 valence electrons. The molecule has 0 aliphatic heterocycles. The number of fused-ring (bicyclic) bond motifs is 5. The number of likely N-dealkylation sites (N-methyl/N-ethyl adjacent to an activating group) is 1. The van der Waals surface area contributed by atoms with Crippen LogP contribution in [0.2, 0.25) is 0 Å². The summed E-state index contributed by atoms with van der Waals surface area (Å²) in [6.45, 7) is 0. The third kappa shape index (κ3) is 3.01. The van der Waals surface area contributed by atoms with Gasteiger partial charge in [0.25, 0.3) is 5.91 Å². The van der Waals surface area contributed by atoms with Crippen molar-refractivity contribution in [3.63, 3.8) is 0 Å². The molecule has 0 fully saturated rings. The maximum atomic E-state index is 13.9. The highest BCUT2D eigenvalue weighted by atomic mass is 16.5. The van der Waals surface area contributed by atoms with E-state index in [1.807, 2.05) is 18.2 Å². The predicted octanol–water partition coefficient (Wildman–Crippen LogP) is 2.36. The van der Waals surface area contributed by atoms with Gasteiger partial charge in [0, 0.05) is 22.8 Å². The molecular formula is C29H26N2O8. The number of hydrogen-bond donors (Lipinski definition) is 5. The van der Waals surface area contributed by atoms with Gasteiger partial charge in [-0.1, -0.05) is 12.1 Å². The van der Waals surface area contributed by atoms with Crippen LogP contribution in [0.15, 0.2) is 59.1 Å². The molecular weight excluding hydrogens is 504 g/mol. The fraction of sp³-hybridized carbons (Fsp3) is 0.276. The zero-order valence-electron chi connectivity index (χ0n) is 21.3. The van der Waals surface area contributed by atoms with Crippen LogP contribution in [0.5, 0.6) is 11.5 Å². The number of phenolic OH excluding ortho intramolecular Hbond substituents is 1. The maximum absolute atomic E-state index is 13.9. The lowest BCUT2D eigenvalue weighted by Gasteiger charge is -2.50. The quantitative estimate of drug-likeness (QED) is 0.252. The average molecular weight is 531 g/mol. The van der Waals surface area contributed by atoms with Crippen molar-refractivity contribution in [2.75, 3.05) is 21.2 Å². The molecule has 3 aliphatic carbocycles. The summed E-state index contributed by atoms with van der Waals surface area (Å²) in [5.74, 6) is -6.43. The number of rotatable bonds is 3. The Morgan fingerprint density at radius 2 is 1.77 bits per heavy atom. The van der Waals surface area contributed by atoms with Crippen molar-refractivity contribution in [3.05, 3.63) is 70.2 Å². The molecule has 3 aromatic rings. The van der Waals surface area contributed by atoms with E-state index in [2.05, 4.69) is 0 Å². The number of amides is 1. The molecule has 3 aliphatic rings. The molecule has 6 N–H and O–H groups in total. The number of ether oxygens (including phenoxy) is 1. The number of carbonyl (C=O) groups is 3. The van der Waals surface area contributed by atoms with Crippen molar-refractivity contribution in [3.8, 4) is 11.5 Å². The molecule has 3 aromatic carbocycles. The van der Waals surface area contributed by atoms with Crippen LogP contribution in [0.1, 0.15) is 28.3 Å². The number of Topliss-reactive ketones (excluding diaryl/α,β-unsaturated/α-hetero) is 2. The standard InChI is InChI=1S/C29H26N2O8/c1-31(2)23-17-10-16-15-9-11-8-12(39-3)4-5-13(11)14-6-7-18(32)21(19(14)15)24(33)20(16)26(35)29(17,38)27(36)22(25(23)34)28(30)37/h4-9,16-17,23,32,34-35,38H,10H2,1-3H3,(H2,30,37)/t16-,17-,23+,29-/m0/s1. The number of benzene rings is 3. The van der Waals surface area contributed by atoms with Crippen LogP contribution in [-0.2, 0) is 9.59 Å². The Balaban J connectivity index is 1.70. The first-order valence-corrected chi connectivity index (χ1v) is 12.3. The predicted molar refractivity (Wildman–Crippen MR) is 141 cm³/mol. The van der Waals surface area contributed by atoms with Gasteiger partial charge in [0.1, 0.15) is 28.6 Å². The zero-order valence-corrected chi connectivity index (χ0v) is 21.3. The van der Waals surface area contributed by atoms with Crippen molar-refractivity contribution in [1.29, 1.82) is 0 Å². The number of aliphatic hydroxyl groups is 3. The van der Waals surface area contributed by atoms with Crippen LogP contribution in [-0.4, -0.2) is 75.6 Å². The molecule has 10 nitrogen and oxygen atoms in total. The van der Waals surface area contributed by atoms with Crippen LogP contribution in [0.25, 0.3) is 21.5 Å². The fourth-order valence-electron chi connectivity index (χ4n) is 6.79. The smallest absolute Gasteiger partial charge is 0.255 e. The van der Waals surface area contributed by atoms with Gasteiger partial charge in [0.2, 0.25) is 5.78 Å². The first-order valence-electron chi connectivity index (χ1n) is 12.3. The summed E-state index contributed by atoms with van der Waals surface area (Å²) in [5, 5.41) is 48.0. The molecule has 10 heteroatoms. The van der Waals surface area contributed by atoms with E-state index < -0.39 is 58.0 Å². The minimum Gasteiger partial charge on any atom is -0.510 e. The van der Waals surface area contributed by atoms with Gasteiger partial charge >= 0.3 is 0 Å². The summed E-state index contributed by atoms with van der Waals surface area (Å²) < 4.78 is 5.39. The molecule has 0 heterocycles. The summed E-state index contributed by atoms with van der Waals surface area (Å²) in [5.41, 5.74) is 2.17. The minimum atomic E-state index is -2.70. The highest BCUT2D eigenvalue weighted by Crippen LogP contribution is 2.56. The summed E-state index contributed by atoms with van der Waals surface area (Å²) in [6, 6.07) is 9.36. The van der Waals surface area contributed by atoms with Crippen LogP contribution in [0, 0.1) is 5.92 Å². The van der Waals surface area contributed by atoms with E-state index in [4.69, 9.17) is 10.5 Å². The molecule has 4 atom stereocenters. The third-order valence-electron chi connectivity index (χ3n) is 8.46. The molecule has 0 aromatic heterocycles. The lowest BCUT2D eigenvalue weighted by atomic mass is 9.58. The van der Waals surface area contributed by atoms with Gasteiger partial charge < -0.3 is 30.9 Å². The Labute approximate surface area is 222 Å².